The first-order valence-electron chi connectivity index (χ1n) is 6.56. The summed E-state index contributed by atoms with van der Waals surface area (Å²) in [5, 5.41) is 0.816. The highest BCUT2D eigenvalue weighted by Crippen LogP contribution is 2.29. The molecule has 1 aliphatic heterocycles. The van der Waals surface area contributed by atoms with Gasteiger partial charge >= 0.3 is 0 Å². The van der Waals surface area contributed by atoms with Crippen LogP contribution in [0.1, 0.15) is 18.9 Å². The van der Waals surface area contributed by atoms with Crippen molar-refractivity contribution in [3.63, 3.8) is 0 Å². The predicted molar refractivity (Wildman–Crippen MR) is 76.5 cm³/mol. The number of hydrogen-bond donors (Lipinski definition) is 1. The molecule has 100 valence electrons. The Hall–Kier alpha value is -0.770. The van der Waals surface area contributed by atoms with E-state index in [4.69, 9.17) is 22.1 Å². The standard InChI is InChI=1S/C14H21ClN2O/c1-11-10-17(8-3-9-18-11)14-5-2-4-13(15)12(14)6-7-16/h2,4-5,11H,3,6-10,16H2,1H3. The molecule has 4 heteroatoms. The van der Waals surface area contributed by atoms with Gasteiger partial charge in [-0.2, -0.15) is 0 Å². The van der Waals surface area contributed by atoms with Crippen LogP contribution in [0.25, 0.3) is 0 Å². The quantitative estimate of drug-likeness (QED) is 0.915. The summed E-state index contributed by atoms with van der Waals surface area (Å²) < 4.78 is 5.69. The molecule has 0 bridgehead atoms. The van der Waals surface area contributed by atoms with Crippen LogP contribution in [0.5, 0.6) is 0 Å². The molecule has 1 unspecified atom stereocenters. The first-order chi connectivity index (χ1) is 8.72. The van der Waals surface area contributed by atoms with Crippen molar-refractivity contribution in [3.05, 3.63) is 28.8 Å². The number of halogens is 1. The normalized spacial score (nSPS) is 20.8. The van der Waals surface area contributed by atoms with Gasteiger partial charge in [-0.05, 0) is 44.0 Å². The van der Waals surface area contributed by atoms with Gasteiger partial charge in [0, 0.05) is 30.4 Å². The minimum absolute atomic E-state index is 0.261. The van der Waals surface area contributed by atoms with E-state index in [0.29, 0.717) is 6.54 Å². The van der Waals surface area contributed by atoms with Gasteiger partial charge in [-0.15, -0.1) is 0 Å². The third-order valence-electron chi connectivity index (χ3n) is 3.28. The average Bonchev–Trinajstić information content (AvgIpc) is 2.57. The Morgan fingerprint density at radius 3 is 3.11 bits per heavy atom. The summed E-state index contributed by atoms with van der Waals surface area (Å²) in [6.45, 7) is 5.51. The van der Waals surface area contributed by atoms with Gasteiger partial charge in [0.2, 0.25) is 0 Å². The van der Waals surface area contributed by atoms with Gasteiger partial charge in [0.15, 0.2) is 0 Å². The van der Waals surface area contributed by atoms with Crippen molar-refractivity contribution in [1.82, 2.24) is 0 Å². The second-order valence-corrected chi connectivity index (χ2v) is 5.16. The summed E-state index contributed by atoms with van der Waals surface area (Å²) in [6.07, 6.45) is 2.14. The number of anilines is 1. The molecule has 1 fully saturated rings. The molecular formula is C14H21ClN2O. The van der Waals surface area contributed by atoms with E-state index in [9.17, 15) is 0 Å². The Labute approximate surface area is 114 Å². The van der Waals surface area contributed by atoms with E-state index in [2.05, 4.69) is 17.9 Å². The molecule has 0 radical (unpaired) electrons. The number of hydrogen-bond acceptors (Lipinski definition) is 3. The maximum absolute atomic E-state index is 6.29. The second kappa shape index (κ2) is 6.41. The van der Waals surface area contributed by atoms with Gasteiger partial charge in [0.1, 0.15) is 0 Å². The van der Waals surface area contributed by atoms with E-state index < -0.39 is 0 Å². The zero-order valence-corrected chi connectivity index (χ0v) is 11.6. The highest BCUT2D eigenvalue weighted by Gasteiger charge is 2.18. The highest BCUT2D eigenvalue weighted by atomic mass is 35.5. The van der Waals surface area contributed by atoms with Crippen LogP contribution >= 0.6 is 11.6 Å². The fraction of sp³-hybridized carbons (Fsp3) is 0.571. The van der Waals surface area contributed by atoms with Crippen molar-refractivity contribution >= 4 is 17.3 Å². The summed E-state index contributed by atoms with van der Waals surface area (Å²) >= 11 is 6.29. The molecule has 2 N–H and O–H groups in total. The van der Waals surface area contributed by atoms with E-state index in [1.165, 1.54) is 5.69 Å². The minimum Gasteiger partial charge on any atom is -0.377 e. The topological polar surface area (TPSA) is 38.5 Å². The zero-order chi connectivity index (χ0) is 13.0. The number of nitrogens with zero attached hydrogens (tertiary/aromatic N) is 1. The molecule has 0 aromatic heterocycles. The number of rotatable bonds is 3. The van der Waals surface area contributed by atoms with E-state index in [1.54, 1.807) is 0 Å². The number of benzene rings is 1. The van der Waals surface area contributed by atoms with Gasteiger partial charge in [-0.1, -0.05) is 17.7 Å². The fourth-order valence-corrected chi connectivity index (χ4v) is 2.71. The molecule has 0 spiro atoms. The SMILES string of the molecule is CC1CN(c2cccc(Cl)c2CCN)CCCO1. The van der Waals surface area contributed by atoms with Crippen molar-refractivity contribution in [1.29, 1.82) is 0 Å². The van der Waals surface area contributed by atoms with Crippen LogP contribution in [0, 0.1) is 0 Å². The van der Waals surface area contributed by atoms with Gasteiger partial charge in [-0.3, -0.25) is 0 Å². The Balaban J connectivity index is 2.27. The monoisotopic (exact) mass is 268 g/mol. The van der Waals surface area contributed by atoms with E-state index in [1.807, 2.05) is 12.1 Å². The van der Waals surface area contributed by atoms with E-state index in [-0.39, 0.29) is 6.10 Å². The molecule has 0 amide bonds. The van der Waals surface area contributed by atoms with Gasteiger partial charge < -0.3 is 15.4 Å². The molecule has 1 heterocycles. The minimum atomic E-state index is 0.261. The van der Waals surface area contributed by atoms with Crippen LogP contribution in [0.3, 0.4) is 0 Å². The van der Waals surface area contributed by atoms with Crippen LogP contribution < -0.4 is 10.6 Å². The summed E-state index contributed by atoms with van der Waals surface area (Å²) in [6, 6.07) is 6.08. The van der Waals surface area contributed by atoms with Crippen molar-refractivity contribution in [3.8, 4) is 0 Å². The lowest BCUT2D eigenvalue weighted by Crippen LogP contribution is -2.31. The Bertz CT molecular complexity index is 397. The Kier molecular flexibility index (Phi) is 4.87. The summed E-state index contributed by atoms with van der Waals surface area (Å²) in [4.78, 5) is 2.37. The molecule has 1 aliphatic rings. The largest absolute Gasteiger partial charge is 0.377 e. The molecule has 1 aromatic carbocycles. The van der Waals surface area contributed by atoms with Crippen LogP contribution in [-0.4, -0.2) is 32.3 Å². The molecular weight excluding hydrogens is 248 g/mol. The van der Waals surface area contributed by atoms with Crippen molar-refractivity contribution in [2.75, 3.05) is 31.1 Å². The summed E-state index contributed by atoms with van der Waals surface area (Å²) in [7, 11) is 0. The molecule has 0 saturated carbocycles. The van der Waals surface area contributed by atoms with Crippen molar-refractivity contribution in [2.24, 2.45) is 5.73 Å². The smallest absolute Gasteiger partial charge is 0.0721 e. The lowest BCUT2D eigenvalue weighted by molar-refractivity contribution is 0.0821. The Morgan fingerprint density at radius 2 is 2.33 bits per heavy atom. The first kappa shape index (κ1) is 13.7. The maximum Gasteiger partial charge on any atom is 0.0721 e. The van der Waals surface area contributed by atoms with Crippen molar-refractivity contribution < 1.29 is 4.74 Å². The van der Waals surface area contributed by atoms with Gasteiger partial charge in [0.05, 0.1) is 6.10 Å². The molecule has 1 aromatic rings. The van der Waals surface area contributed by atoms with Gasteiger partial charge in [0.25, 0.3) is 0 Å². The van der Waals surface area contributed by atoms with Crippen LogP contribution in [0.2, 0.25) is 5.02 Å². The van der Waals surface area contributed by atoms with E-state index in [0.717, 1.165) is 43.1 Å². The maximum atomic E-state index is 6.29. The van der Waals surface area contributed by atoms with E-state index >= 15 is 0 Å². The average molecular weight is 269 g/mol. The Morgan fingerprint density at radius 1 is 1.50 bits per heavy atom. The number of nitrogens with two attached hydrogens (primary N) is 1. The molecule has 1 saturated heterocycles. The molecule has 18 heavy (non-hydrogen) atoms. The highest BCUT2D eigenvalue weighted by molar-refractivity contribution is 6.31. The van der Waals surface area contributed by atoms with Gasteiger partial charge in [-0.25, -0.2) is 0 Å². The zero-order valence-electron chi connectivity index (χ0n) is 10.9. The third kappa shape index (κ3) is 3.16. The molecule has 3 nitrogen and oxygen atoms in total. The number of ether oxygens (including phenoxy) is 1. The van der Waals surface area contributed by atoms with Crippen LogP contribution in [0.4, 0.5) is 5.69 Å². The molecule has 1 atom stereocenters. The third-order valence-corrected chi connectivity index (χ3v) is 3.64. The predicted octanol–water partition coefficient (Wildman–Crippen LogP) is 2.46. The van der Waals surface area contributed by atoms with Crippen LogP contribution in [0.15, 0.2) is 18.2 Å². The summed E-state index contributed by atoms with van der Waals surface area (Å²) in [5.74, 6) is 0. The van der Waals surface area contributed by atoms with Crippen molar-refractivity contribution in [2.45, 2.75) is 25.9 Å². The molecule has 0 aliphatic carbocycles. The van der Waals surface area contributed by atoms with Crippen LogP contribution in [-0.2, 0) is 11.2 Å². The second-order valence-electron chi connectivity index (χ2n) is 4.76. The molecule has 2 rings (SSSR count). The lowest BCUT2D eigenvalue weighted by atomic mass is 10.1. The first-order valence-corrected chi connectivity index (χ1v) is 6.94. The fourth-order valence-electron chi connectivity index (χ4n) is 2.45. The lowest BCUT2D eigenvalue weighted by Gasteiger charge is -2.27. The summed E-state index contributed by atoms with van der Waals surface area (Å²) in [5.41, 5.74) is 8.06.